The molecule has 0 N–H and O–H groups in total. The van der Waals surface area contributed by atoms with Gasteiger partial charge in [0, 0.05) is 6.54 Å². The predicted molar refractivity (Wildman–Crippen MR) is 75.8 cm³/mol. The number of hydrogen-bond donors (Lipinski definition) is 0. The van der Waals surface area contributed by atoms with Gasteiger partial charge in [-0.3, -0.25) is 0 Å². The lowest BCUT2D eigenvalue weighted by Crippen LogP contribution is -2.42. The molecule has 1 atom stereocenters. The van der Waals surface area contributed by atoms with Crippen molar-refractivity contribution in [2.75, 3.05) is 6.54 Å². The summed E-state index contributed by atoms with van der Waals surface area (Å²) in [5.74, 6) is 0. The number of nitrogens with zero attached hydrogens (tertiary/aromatic N) is 1. The molecule has 1 fully saturated rings. The maximum absolute atomic E-state index is 12.1. The van der Waals surface area contributed by atoms with Crippen LogP contribution in [-0.4, -0.2) is 23.6 Å². The van der Waals surface area contributed by atoms with Crippen molar-refractivity contribution in [3.63, 3.8) is 0 Å². The second-order valence-electron chi connectivity index (χ2n) is 4.82. The fourth-order valence-electron chi connectivity index (χ4n) is 2.41. The van der Waals surface area contributed by atoms with Crippen LogP contribution in [0.2, 0.25) is 0 Å². The summed E-state index contributed by atoms with van der Waals surface area (Å²) < 4.78 is 5.40. The van der Waals surface area contributed by atoms with Gasteiger partial charge in [0.1, 0.15) is 6.61 Å². The summed E-state index contributed by atoms with van der Waals surface area (Å²) in [6, 6.07) is 9.99. The van der Waals surface area contributed by atoms with Crippen molar-refractivity contribution >= 4 is 6.09 Å². The van der Waals surface area contributed by atoms with Gasteiger partial charge in [-0.25, -0.2) is 4.79 Å². The number of rotatable bonds is 3. The molecule has 0 spiro atoms. The highest BCUT2D eigenvalue weighted by atomic mass is 16.6. The lowest BCUT2D eigenvalue weighted by molar-refractivity contribution is 0.0775. The summed E-state index contributed by atoms with van der Waals surface area (Å²) in [6.45, 7) is 3.13. The van der Waals surface area contributed by atoms with Crippen LogP contribution in [0, 0.1) is 0 Å². The van der Waals surface area contributed by atoms with Gasteiger partial charge in [0.05, 0.1) is 6.04 Å². The van der Waals surface area contributed by atoms with Gasteiger partial charge >= 0.3 is 6.09 Å². The molecule has 1 aromatic rings. The average Bonchev–Trinajstić information content (AvgIpc) is 2.47. The zero-order chi connectivity index (χ0) is 13.5. The molecular formula is C16H21NO2. The Kier molecular flexibility index (Phi) is 5.01. The quantitative estimate of drug-likeness (QED) is 0.774. The van der Waals surface area contributed by atoms with Crippen molar-refractivity contribution in [1.82, 2.24) is 4.90 Å². The predicted octanol–water partition coefficient (Wildman–Crippen LogP) is 3.75. The van der Waals surface area contributed by atoms with E-state index in [1.54, 1.807) is 0 Å². The SMILES string of the molecule is CC=CC1CCCCN1C(=O)OCc1ccccc1. The van der Waals surface area contributed by atoms with Crippen molar-refractivity contribution < 1.29 is 9.53 Å². The second-order valence-corrected chi connectivity index (χ2v) is 4.82. The molecule has 0 aliphatic carbocycles. The van der Waals surface area contributed by atoms with Gasteiger partial charge in [-0.05, 0) is 31.7 Å². The smallest absolute Gasteiger partial charge is 0.410 e. The summed E-state index contributed by atoms with van der Waals surface area (Å²) in [7, 11) is 0. The van der Waals surface area contributed by atoms with Crippen molar-refractivity contribution in [1.29, 1.82) is 0 Å². The number of likely N-dealkylation sites (tertiary alicyclic amines) is 1. The van der Waals surface area contributed by atoms with Crippen LogP contribution in [0.5, 0.6) is 0 Å². The molecule has 1 heterocycles. The zero-order valence-electron chi connectivity index (χ0n) is 11.4. The Morgan fingerprint density at radius 2 is 2.16 bits per heavy atom. The molecular weight excluding hydrogens is 238 g/mol. The van der Waals surface area contributed by atoms with E-state index in [1.165, 1.54) is 6.42 Å². The molecule has 1 aliphatic rings. The number of benzene rings is 1. The van der Waals surface area contributed by atoms with E-state index < -0.39 is 0 Å². The minimum absolute atomic E-state index is 0.196. The number of carbonyl (C=O) groups is 1. The van der Waals surface area contributed by atoms with E-state index in [9.17, 15) is 4.79 Å². The van der Waals surface area contributed by atoms with E-state index in [-0.39, 0.29) is 12.1 Å². The lowest BCUT2D eigenvalue weighted by atomic mass is 10.0. The minimum Gasteiger partial charge on any atom is -0.445 e. The third kappa shape index (κ3) is 3.85. The number of ether oxygens (including phenoxy) is 1. The first-order chi connectivity index (χ1) is 9.31. The first kappa shape index (κ1) is 13.7. The monoisotopic (exact) mass is 259 g/mol. The number of hydrogen-bond acceptors (Lipinski definition) is 2. The molecule has 1 amide bonds. The Balaban J connectivity index is 1.91. The van der Waals surface area contributed by atoms with Crippen LogP contribution >= 0.6 is 0 Å². The summed E-state index contributed by atoms with van der Waals surface area (Å²) >= 11 is 0. The molecule has 1 saturated heterocycles. The van der Waals surface area contributed by atoms with Crippen LogP contribution in [0.1, 0.15) is 31.7 Å². The minimum atomic E-state index is -0.202. The maximum Gasteiger partial charge on any atom is 0.410 e. The van der Waals surface area contributed by atoms with Gasteiger partial charge in [0.15, 0.2) is 0 Å². The number of amides is 1. The number of allylic oxidation sites excluding steroid dienone is 1. The van der Waals surface area contributed by atoms with E-state index in [0.717, 1.165) is 24.9 Å². The second kappa shape index (κ2) is 6.98. The molecule has 0 aromatic heterocycles. The van der Waals surface area contributed by atoms with Crippen LogP contribution in [0.4, 0.5) is 4.79 Å². The molecule has 2 rings (SSSR count). The molecule has 1 aliphatic heterocycles. The zero-order valence-corrected chi connectivity index (χ0v) is 11.4. The molecule has 0 bridgehead atoms. The average molecular weight is 259 g/mol. The Bertz CT molecular complexity index is 428. The molecule has 19 heavy (non-hydrogen) atoms. The van der Waals surface area contributed by atoms with Crippen LogP contribution < -0.4 is 0 Å². The molecule has 3 heteroatoms. The molecule has 102 valence electrons. The normalized spacial score (nSPS) is 19.6. The fourth-order valence-corrected chi connectivity index (χ4v) is 2.41. The maximum atomic E-state index is 12.1. The summed E-state index contributed by atoms with van der Waals surface area (Å²) in [5, 5.41) is 0. The third-order valence-electron chi connectivity index (χ3n) is 3.40. The van der Waals surface area contributed by atoms with Gasteiger partial charge in [-0.15, -0.1) is 0 Å². The van der Waals surface area contributed by atoms with Gasteiger partial charge in [0.25, 0.3) is 0 Å². The molecule has 0 saturated carbocycles. The number of carbonyl (C=O) groups excluding carboxylic acids is 1. The third-order valence-corrected chi connectivity index (χ3v) is 3.40. The summed E-state index contributed by atoms with van der Waals surface area (Å²) in [5.41, 5.74) is 1.02. The highest BCUT2D eigenvalue weighted by molar-refractivity contribution is 5.68. The highest BCUT2D eigenvalue weighted by Crippen LogP contribution is 2.19. The molecule has 3 nitrogen and oxygen atoms in total. The van der Waals surface area contributed by atoms with Crippen molar-refractivity contribution in [2.24, 2.45) is 0 Å². The van der Waals surface area contributed by atoms with Crippen LogP contribution in [0.3, 0.4) is 0 Å². The van der Waals surface area contributed by atoms with Crippen LogP contribution in [0.25, 0.3) is 0 Å². The van der Waals surface area contributed by atoms with Gasteiger partial charge in [0.2, 0.25) is 0 Å². The van der Waals surface area contributed by atoms with E-state index in [2.05, 4.69) is 6.08 Å². The van der Waals surface area contributed by atoms with Crippen molar-refractivity contribution in [2.45, 2.75) is 38.8 Å². The molecule has 0 radical (unpaired) electrons. The van der Waals surface area contributed by atoms with Gasteiger partial charge in [-0.2, -0.15) is 0 Å². The fraction of sp³-hybridized carbons (Fsp3) is 0.438. The van der Waals surface area contributed by atoms with Crippen LogP contribution in [0.15, 0.2) is 42.5 Å². The van der Waals surface area contributed by atoms with Crippen molar-refractivity contribution in [3.05, 3.63) is 48.0 Å². The first-order valence-corrected chi connectivity index (χ1v) is 6.91. The lowest BCUT2D eigenvalue weighted by Gasteiger charge is -2.33. The van der Waals surface area contributed by atoms with Gasteiger partial charge in [-0.1, -0.05) is 42.5 Å². The van der Waals surface area contributed by atoms with Crippen LogP contribution in [-0.2, 0) is 11.3 Å². The largest absolute Gasteiger partial charge is 0.445 e. The van der Waals surface area contributed by atoms with E-state index in [4.69, 9.17) is 4.74 Å². The molecule has 1 aromatic carbocycles. The van der Waals surface area contributed by atoms with E-state index in [0.29, 0.717) is 6.61 Å². The first-order valence-electron chi connectivity index (χ1n) is 6.91. The topological polar surface area (TPSA) is 29.5 Å². The highest BCUT2D eigenvalue weighted by Gasteiger charge is 2.25. The number of piperidine rings is 1. The van der Waals surface area contributed by atoms with Gasteiger partial charge < -0.3 is 9.64 Å². The Hall–Kier alpha value is -1.77. The van der Waals surface area contributed by atoms with E-state index in [1.807, 2.05) is 48.2 Å². The Labute approximate surface area is 114 Å². The Morgan fingerprint density at radius 3 is 2.89 bits per heavy atom. The molecule has 1 unspecified atom stereocenters. The summed E-state index contributed by atoms with van der Waals surface area (Å²) in [4.78, 5) is 14.0. The van der Waals surface area contributed by atoms with E-state index >= 15 is 0 Å². The standard InChI is InChI=1S/C16H21NO2/c1-2-8-15-11-6-7-12-17(15)16(18)19-13-14-9-4-3-5-10-14/h2-5,8-10,15H,6-7,11-13H2,1H3. The van der Waals surface area contributed by atoms with Crippen molar-refractivity contribution in [3.8, 4) is 0 Å². The Morgan fingerprint density at radius 1 is 1.37 bits per heavy atom. The summed E-state index contributed by atoms with van der Waals surface area (Å²) in [6.07, 6.45) is 7.17.